The number of nitrogens with zero attached hydrogens (tertiary/aromatic N) is 2. The van der Waals surface area contributed by atoms with Crippen molar-refractivity contribution in [2.45, 2.75) is 62.2 Å². The van der Waals surface area contributed by atoms with Crippen LogP contribution in [-0.4, -0.2) is 11.3 Å². The molecule has 3 nitrogen and oxygen atoms in total. The lowest BCUT2D eigenvalue weighted by molar-refractivity contribution is 0.590. The number of hydrogen-bond acceptors (Lipinski definition) is 3. The van der Waals surface area contributed by atoms with Crippen LogP contribution in [0.15, 0.2) is 324 Å². The van der Waals surface area contributed by atoms with Gasteiger partial charge in [-0.3, -0.25) is 0 Å². The largest absolute Gasteiger partial charge is 0.456 e. The molecule has 0 unspecified atom stereocenters. The third-order valence-electron chi connectivity index (χ3n) is 20.4. The maximum Gasteiger partial charge on any atom is 0.249 e. The second-order valence-electron chi connectivity index (χ2n) is 28.4. The maximum atomic E-state index is 7.07. The van der Waals surface area contributed by atoms with Crippen LogP contribution in [0.25, 0.3) is 127 Å². The average Bonchev–Trinajstić information content (AvgIpc) is 1.55. The number of rotatable bonds is 9. The molecule has 462 valence electrons. The molecule has 5 heteroatoms. The molecule has 18 rings (SSSR count). The summed E-state index contributed by atoms with van der Waals surface area (Å²) in [5.74, 6) is 0. The standard InChI is InChI=1S/C92H69BN2OS/c1-91(2,3)70-42-47-80-75(55-70)76-56-71(92(4,5)6)43-48-81(76)94(80)72-44-49-84-77(57-72)87-85(96-84)50-45-78-90(87)97-86-54-69(61-27-17-10-18-28-61)53-83-88(86)93(78)79-52-68(67-30-19-29-66(51-67)60-25-15-9-16-26-60)41-46-82(79)95(83)89-73(64-37-33-62(34-38-64)58-21-11-7-12-22-58)31-20-32-74(89)65-39-35-63(36-40-65)59-23-13-8-14-24-59/h7-57H,1-6H3. The molecular formula is C92H69BN2OS. The van der Waals surface area contributed by atoms with Gasteiger partial charge in [-0.1, -0.05) is 295 Å². The van der Waals surface area contributed by atoms with Crippen LogP contribution in [0.5, 0.6) is 0 Å². The number of anilines is 3. The molecule has 0 N–H and O–H groups in total. The lowest BCUT2D eigenvalue weighted by Gasteiger charge is -2.42. The van der Waals surface area contributed by atoms with E-state index in [2.05, 4.69) is 360 Å². The Morgan fingerprint density at radius 2 is 0.794 bits per heavy atom. The zero-order valence-electron chi connectivity index (χ0n) is 55.2. The van der Waals surface area contributed by atoms with E-state index in [1.807, 2.05) is 11.8 Å². The summed E-state index contributed by atoms with van der Waals surface area (Å²) in [5, 5.41) is 4.79. The molecule has 14 aromatic carbocycles. The number of aromatic nitrogens is 1. The van der Waals surface area contributed by atoms with E-state index in [-0.39, 0.29) is 17.5 Å². The van der Waals surface area contributed by atoms with Crippen molar-refractivity contribution in [2.24, 2.45) is 0 Å². The maximum absolute atomic E-state index is 7.07. The molecule has 0 saturated carbocycles. The number of hydrogen-bond donors (Lipinski definition) is 0. The van der Waals surface area contributed by atoms with Crippen molar-refractivity contribution in [1.29, 1.82) is 0 Å². The summed E-state index contributed by atoms with van der Waals surface area (Å²) >= 11 is 1.90. The van der Waals surface area contributed by atoms with Crippen molar-refractivity contribution in [1.82, 2.24) is 4.57 Å². The Morgan fingerprint density at radius 1 is 0.330 bits per heavy atom. The molecule has 2 aliphatic rings. The van der Waals surface area contributed by atoms with Gasteiger partial charge in [0, 0.05) is 59.5 Å². The summed E-state index contributed by atoms with van der Waals surface area (Å²) in [7, 11) is 0. The van der Waals surface area contributed by atoms with Gasteiger partial charge in [0.15, 0.2) is 0 Å². The molecule has 0 atom stereocenters. The quantitative estimate of drug-likeness (QED) is 0.134. The molecule has 0 spiro atoms. The van der Waals surface area contributed by atoms with Crippen molar-refractivity contribution in [3.05, 3.63) is 321 Å². The van der Waals surface area contributed by atoms with E-state index in [4.69, 9.17) is 4.42 Å². The predicted octanol–water partition coefficient (Wildman–Crippen LogP) is 23.7. The van der Waals surface area contributed by atoms with Gasteiger partial charge in [0.05, 0.1) is 16.7 Å². The van der Waals surface area contributed by atoms with E-state index in [0.29, 0.717) is 0 Å². The van der Waals surface area contributed by atoms with Gasteiger partial charge in [0.1, 0.15) is 11.2 Å². The van der Waals surface area contributed by atoms with Gasteiger partial charge in [-0.2, -0.15) is 0 Å². The van der Waals surface area contributed by atoms with Crippen LogP contribution in [-0.2, 0) is 10.8 Å². The normalized spacial score (nSPS) is 12.8. The van der Waals surface area contributed by atoms with Crippen LogP contribution in [0, 0.1) is 0 Å². The zero-order chi connectivity index (χ0) is 65.3. The highest BCUT2D eigenvalue weighted by molar-refractivity contribution is 8.00. The Labute approximate surface area is 572 Å². The molecule has 16 aromatic rings. The summed E-state index contributed by atoms with van der Waals surface area (Å²) in [4.78, 5) is 5.10. The first-order valence-electron chi connectivity index (χ1n) is 33.9. The van der Waals surface area contributed by atoms with Crippen LogP contribution < -0.4 is 21.3 Å². The van der Waals surface area contributed by atoms with E-state index in [1.165, 1.54) is 104 Å². The van der Waals surface area contributed by atoms with Crippen LogP contribution in [0.2, 0.25) is 0 Å². The SMILES string of the molecule is CC(C)(C)c1ccc2c(c1)c1cc(C(C)(C)C)ccc1n2-c1ccc2oc3ccc4c(c3c2c1)Sc1cc(-c2ccccc2)cc2c1B4c1cc(-c3cccc(-c4ccccc4)c3)ccc1N2c1c(-c2ccc(-c3ccccc3)cc2)cccc1-c1ccc(-c2ccccc2)cc1. The van der Waals surface area contributed by atoms with Crippen molar-refractivity contribution < 1.29 is 4.42 Å². The monoisotopic (exact) mass is 1260 g/mol. The highest BCUT2D eigenvalue weighted by atomic mass is 32.2. The van der Waals surface area contributed by atoms with Crippen molar-refractivity contribution in [3.8, 4) is 83.6 Å². The van der Waals surface area contributed by atoms with E-state index in [0.717, 1.165) is 78.1 Å². The van der Waals surface area contributed by atoms with Gasteiger partial charge < -0.3 is 13.9 Å². The van der Waals surface area contributed by atoms with Gasteiger partial charge in [-0.15, -0.1) is 0 Å². The molecule has 0 radical (unpaired) electrons. The number of para-hydroxylation sites is 1. The minimum absolute atomic E-state index is 0.0117. The Bertz CT molecular complexity index is 5610. The summed E-state index contributed by atoms with van der Waals surface area (Å²) in [5.41, 5.74) is 31.5. The molecule has 4 heterocycles. The summed E-state index contributed by atoms with van der Waals surface area (Å²) in [6.45, 7) is 13.7. The first-order valence-corrected chi connectivity index (χ1v) is 34.7. The Kier molecular flexibility index (Phi) is 13.7. The number of benzene rings is 14. The van der Waals surface area contributed by atoms with Gasteiger partial charge in [0.25, 0.3) is 0 Å². The van der Waals surface area contributed by atoms with E-state index < -0.39 is 0 Å². The highest BCUT2D eigenvalue weighted by Crippen LogP contribution is 2.52. The minimum atomic E-state index is -0.163. The van der Waals surface area contributed by atoms with E-state index in [9.17, 15) is 0 Å². The van der Waals surface area contributed by atoms with E-state index in [1.54, 1.807) is 0 Å². The van der Waals surface area contributed by atoms with Crippen molar-refractivity contribution in [2.75, 3.05) is 4.90 Å². The van der Waals surface area contributed by atoms with Crippen molar-refractivity contribution >= 4 is 95.7 Å². The second kappa shape index (κ2) is 22.8. The van der Waals surface area contributed by atoms with Crippen LogP contribution in [0.4, 0.5) is 17.1 Å². The summed E-state index contributed by atoms with van der Waals surface area (Å²) < 4.78 is 9.56. The van der Waals surface area contributed by atoms with Gasteiger partial charge in [-0.25, -0.2) is 0 Å². The van der Waals surface area contributed by atoms with E-state index >= 15 is 0 Å². The molecule has 97 heavy (non-hydrogen) atoms. The average molecular weight is 1260 g/mol. The predicted molar refractivity (Wildman–Crippen MR) is 413 cm³/mol. The lowest BCUT2D eigenvalue weighted by Crippen LogP contribution is -2.60. The third-order valence-corrected chi connectivity index (χ3v) is 21.6. The number of fused-ring (bicyclic) bond motifs is 11. The fourth-order valence-electron chi connectivity index (χ4n) is 15.4. The molecule has 2 aromatic heterocycles. The molecule has 0 amide bonds. The highest BCUT2D eigenvalue weighted by Gasteiger charge is 2.44. The Balaban J connectivity index is 0.896. The van der Waals surface area contributed by atoms with Gasteiger partial charge >= 0.3 is 0 Å². The molecule has 2 aliphatic heterocycles. The topological polar surface area (TPSA) is 21.3 Å². The molecule has 0 fully saturated rings. The molecular weight excluding hydrogens is 1190 g/mol. The third kappa shape index (κ3) is 9.97. The molecule has 0 bridgehead atoms. The first kappa shape index (κ1) is 58.5. The van der Waals surface area contributed by atoms with Crippen molar-refractivity contribution in [3.63, 3.8) is 0 Å². The fourth-order valence-corrected chi connectivity index (χ4v) is 16.7. The van der Waals surface area contributed by atoms with Crippen LogP contribution >= 0.6 is 11.8 Å². The Morgan fingerprint density at radius 3 is 1.35 bits per heavy atom. The fraction of sp³-hybridized carbons (Fsp3) is 0.0870. The summed E-state index contributed by atoms with van der Waals surface area (Å²) in [6, 6.07) is 116. The first-order chi connectivity index (χ1) is 47.3. The lowest BCUT2D eigenvalue weighted by atomic mass is 9.34. The van der Waals surface area contributed by atoms with Crippen LogP contribution in [0.3, 0.4) is 0 Å². The zero-order valence-corrected chi connectivity index (χ0v) is 56.0. The van der Waals surface area contributed by atoms with Gasteiger partial charge in [-0.05, 0) is 172 Å². The minimum Gasteiger partial charge on any atom is -0.456 e. The number of furan rings is 1. The summed E-state index contributed by atoms with van der Waals surface area (Å²) in [6.07, 6.45) is 0. The van der Waals surface area contributed by atoms with Gasteiger partial charge in [0.2, 0.25) is 6.71 Å². The Hall–Kier alpha value is -11.1. The van der Waals surface area contributed by atoms with Crippen LogP contribution in [0.1, 0.15) is 52.7 Å². The molecule has 0 aliphatic carbocycles. The second-order valence-corrected chi connectivity index (χ2v) is 29.4. The smallest absolute Gasteiger partial charge is 0.249 e. The molecule has 0 saturated heterocycles.